The SMILES string of the molecule is CC(C)C[C@@H](N)C(=O)NCC(=O)N[C@@H](CCC(=O)O)C(=O)O. The topological polar surface area (TPSA) is 159 Å². The van der Waals surface area contributed by atoms with Crippen molar-refractivity contribution in [3.05, 3.63) is 0 Å². The lowest BCUT2D eigenvalue weighted by atomic mass is 10.0. The van der Waals surface area contributed by atoms with Crippen molar-refractivity contribution in [1.29, 1.82) is 0 Å². The van der Waals surface area contributed by atoms with Crippen LogP contribution in [0.15, 0.2) is 0 Å². The first-order valence-electron chi connectivity index (χ1n) is 6.90. The van der Waals surface area contributed by atoms with Crippen LogP contribution in [0.25, 0.3) is 0 Å². The summed E-state index contributed by atoms with van der Waals surface area (Å²) in [6.07, 6.45) is -0.163. The molecule has 0 aromatic rings. The molecule has 0 heterocycles. The van der Waals surface area contributed by atoms with Crippen LogP contribution >= 0.6 is 0 Å². The molecule has 0 aliphatic rings. The normalized spacial score (nSPS) is 13.3. The minimum absolute atomic E-state index is 0.224. The van der Waals surface area contributed by atoms with E-state index in [2.05, 4.69) is 10.6 Å². The Kier molecular flexibility index (Phi) is 8.76. The summed E-state index contributed by atoms with van der Waals surface area (Å²) in [5, 5.41) is 21.9. The van der Waals surface area contributed by atoms with Crippen molar-refractivity contribution in [2.75, 3.05) is 6.54 Å². The molecular weight excluding hydrogens is 294 g/mol. The molecule has 6 N–H and O–H groups in total. The van der Waals surface area contributed by atoms with Crippen molar-refractivity contribution in [1.82, 2.24) is 10.6 Å². The number of aliphatic carboxylic acids is 2. The molecule has 9 heteroatoms. The highest BCUT2D eigenvalue weighted by molar-refractivity contribution is 5.89. The Morgan fingerprint density at radius 1 is 1.14 bits per heavy atom. The van der Waals surface area contributed by atoms with Gasteiger partial charge in [0.2, 0.25) is 11.8 Å². The lowest BCUT2D eigenvalue weighted by Crippen LogP contribution is -2.48. The summed E-state index contributed by atoms with van der Waals surface area (Å²) in [5.41, 5.74) is 5.63. The van der Waals surface area contributed by atoms with E-state index in [1.807, 2.05) is 13.8 Å². The van der Waals surface area contributed by atoms with Crippen LogP contribution in [0, 0.1) is 5.92 Å². The second kappa shape index (κ2) is 9.72. The van der Waals surface area contributed by atoms with E-state index in [0.29, 0.717) is 6.42 Å². The molecule has 2 amide bonds. The van der Waals surface area contributed by atoms with Gasteiger partial charge in [0, 0.05) is 6.42 Å². The Bertz CT molecular complexity index is 424. The molecule has 22 heavy (non-hydrogen) atoms. The number of carbonyl (C=O) groups is 4. The number of nitrogens with one attached hydrogen (secondary N) is 2. The van der Waals surface area contributed by atoms with Crippen molar-refractivity contribution in [3.8, 4) is 0 Å². The Hall–Kier alpha value is -2.16. The zero-order valence-corrected chi connectivity index (χ0v) is 12.7. The third-order valence-electron chi connectivity index (χ3n) is 2.77. The number of amides is 2. The molecular formula is C13H23N3O6. The van der Waals surface area contributed by atoms with Crippen LogP contribution < -0.4 is 16.4 Å². The van der Waals surface area contributed by atoms with E-state index < -0.39 is 42.4 Å². The molecule has 0 rings (SSSR count). The average Bonchev–Trinajstić information content (AvgIpc) is 2.39. The van der Waals surface area contributed by atoms with Gasteiger partial charge in [-0.1, -0.05) is 13.8 Å². The van der Waals surface area contributed by atoms with Gasteiger partial charge in [-0.3, -0.25) is 14.4 Å². The van der Waals surface area contributed by atoms with E-state index in [0.717, 1.165) is 0 Å². The number of carboxylic acid groups (broad SMARTS) is 2. The van der Waals surface area contributed by atoms with Gasteiger partial charge in [0.05, 0.1) is 12.6 Å². The first-order chi connectivity index (χ1) is 10.1. The molecule has 0 spiro atoms. The highest BCUT2D eigenvalue weighted by Gasteiger charge is 2.22. The second-order valence-electron chi connectivity index (χ2n) is 5.34. The zero-order valence-electron chi connectivity index (χ0n) is 12.7. The number of rotatable bonds is 10. The van der Waals surface area contributed by atoms with E-state index >= 15 is 0 Å². The molecule has 0 unspecified atom stereocenters. The Balaban J connectivity index is 4.26. The van der Waals surface area contributed by atoms with Crippen LogP contribution in [-0.4, -0.2) is 52.6 Å². The van der Waals surface area contributed by atoms with Crippen molar-refractivity contribution >= 4 is 23.8 Å². The smallest absolute Gasteiger partial charge is 0.326 e. The highest BCUT2D eigenvalue weighted by atomic mass is 16.4. The molecule has 0 aromatic carbocycles. The van der Waals surface area contributed by atoms with E-state index in [9.17, 15) is 19.2 Å². The van der Waals surface area contributed by atoms with Gasteiger partial charge in [0.15, 0.2) is 0 Å². The molecule has 0 saturated carbocycles. The van der Waals surface area contributed by atoms with Gasteiger partial charge >= 0.3 is 11.9 Å². The summed E-state index contributed by atoms with van der Waals surface area (Å²) in [7, 11) is 0. The third-order valence-corrected chi connectivity index (χ3v) is 2.77. The summed E-state index contributed by atoms with van der Waals surface area (Å²) in [6.45, 7) is 3.39. The summed E-state index contributed by atoms with van der Waals surface area (Å²) in [6, 6.07) is -2.06. The predicted molar refractivity (Wildman–Crippen MR) is 76.9 cm³/mol. The monoisotopic (exact) mass is 317 g/mol. The van der Waals surface area contributed by atoms with Gasteiger partial charge in [0.1, 0.15) is 6.04 Å². The van der Waals surface area contributed by atoms with Crippen LogP contribution in [0.4, 0.5) is 0 Å². The molecule has 0 saturated heterocycles. The zero-order chi connectivity index (χ0) is 17.3. The number of hydrogen-bond acceptors (Lipinski definition) is 5. The maximum Gasteiger partial charge on any atom is 0.326 e. The fourth-order valence-corrected chi connectivity index (χ4v) is 1.68. The van der Waals surface area contributed by atoms with Crippen LogP contribution in [0.2, 0.25) is 0 Å². The van der Waals surface area contributed by atoms with Crippen LogP contribution in [0.1, 0.15) is 33.1 Å². The van der Waals surface area contributed by atoms with E-state index in [-0.39, 0.29) is 18.8 Å². The quantitative estimate of drug-likeness (QED) is 0.342. The van der Waals surface area contributed by atoms with Gasteiger partial charge in [-0.2, -0.15) is 0 Å². The van der Waals surface area contributed by atoms with Crippen molar-refractivity contribution in [2.24, 2.45) is 11.7 Å². The Labute approximate surface area is 128 Å². The van der Waals surface area contributed by atoms with E-state index in [1.165, 1.54) is 0 Å². The molecule has 9 nitrogen and oxygen atoms in total. The van der Waals surface area contributed by atoms with Crippen molar-refractivity contribution < 1.29 is 29.4 Å². The summed E-state index contributed by atoms with van der Waals surface area (Å²) in [5.74, 6) is -3.49. The molecule has 0 aliphatic heterocycles. The standard InChI is InChI=1S/C13H23N3O6/c1-7(2)5-8(14)12(20)15-6-10(17)16-9(13(21)22)3-4-11(18)19/h7-9H,3-6,14H2,1-2H3,(H,15,20)(H,16,17)(H,18,19)(H,21,22)/t8-,9+/m1/s1. The molecule has 0 bridgehead atoms. The number of hydrogen-bond donors (Lipinski definition) is 5. The highest BCUT2D eigenvalue weighted by Crippen LogP contribution is 2.02. The minimum atomic E-state index is -1.34. The first-order valence-corrected chi connectivity index (χ1v) is 6.90. The summed E-state index contributed by atoms with van der Waals surface area (Å²) in [4.78, 5) is 44.5. The molecule has 126 valence electrons. The summed E-state index contributed by atoms with van der Waals surface area (Å²) >= 11 is 0. The molecule has 0 radical (unpaired) electrons. The van der Waals surface area contributed by atoms with Crippen LogP contribution in [-0.2, 0) is 19.2 Å². The molecule has 2 atom stereocenters. The van der Waals surface area contributed by atoms with E-state index in [1.54, 1.807) is 0 Å². The number of nitrogens with two attached hydrogens (primary N) is 1. The fourth-order valence-electron chi connectivity index (χ4n) is 1.68. The van der Waals surface area contributed by atoms with Crippen LogP contribution in [0.3, 0.4) is 0 Å². The van der Waals surface area contributed by atoms with Crippen molar-refractivity contribution in [2.45, 2.75) is 45.2 Å². The third kappa shape index (κ3) is 8.90. The molecule has 0 aromatic heterocycles. The molecule has 0 aliphatic carbocycles. The van der Waals surface area contributed by atoms with Crippen LogP contribution in [0.5, 0.6) is 0 Å². The van der Waals surface area contributed by atoms with Gasteiger partial charge in [-0.25, -0.2) is 4.79 Å². The first kappa shape index (κ1) is 19.8. The predicted octanol–water partition coefficient (Wildman–Crippen LogP) is -1.09. The van der Waals surface area contributed by atoms with Gasteiger partial charge in [-0.15, -0.1) is 0 Å². The second-order valence-corrected chi connectivity index (χ2v) is 5.34. The minimum Gasteiger partial charge on any atom is -0.481 e. The number of carboxylic acids is 2. The Morgan fingerprint density at radius 3 is 2.18 bits per heavy atom. The average molecular weight is 317 g/mol. The maximum atomic E-state index is 11.6. The lowest BCUT2D eigenvalue weighted by molar-refractivity contribution is -0.143. The Morgan fingerprint density at radius 2 is 1.73 bits per heavy atom. The maximum absolute atomic E-state index is 11.6. The summed E-state index contributed by atoms with van der Waals surface area (Å²) < 4.78 is 0. The largest absolute Gasteiger partial charge is 0.481 e. The van der Waals surface area contributed by atoms with Gasteiger partial charge < -0.3 is 26.6 Å². The van der Waals surface area contributed by atoms with Crippen molar-refractivity contribution in [3.63, 3.8) is 0 Å². The number of carbonyl (C=O) groups excluding carboxylic acids is 2. The van der Waals surface area contributed by atoms with E-state index in [4.69, 9.17) is 15.9 Å². The lowest BCUT2D eigenvalue weighted by Gasteiger charge is -2.16. The molecule has 0 fully saturated rings. The van der Waals surface area contributed by atoms with Gasteiger partial charge in [0.25, 0.3) is 0 Å². The van der Waals surface area contributed by atoms with Gasteiger partial charge in [-0.05, 0) is 18.8 Å². The fraction of sp³-hybridized carbons (Fsp3) is 0.692.